The number of para-hydroxylation sites is 1. The molecule has 0 saturated carbocycles. The van der Waals surface area contributed by atoms with Gasteiger partial charge in [-0.2, -0.15) is 0 Å². The number of rotatable bonds is 8. The van der Waals surface area contributed by atoms with Crippen LogP contribution in [0.3, 0.4) is 0 Å². The van der Waals surface area contributed by atoms with Crippen LogP contribution in [0.5, 0.6) is 0 Å². The first-order valence-corrected chi connectivity index (χ1v) is 10.0. The molecule has 0 aliphatic heterocycles. The molecule has 0 aliphatic carbocycles. The van der Waals surface area contributed by atoms with Gasteiger partial charge in [0.15, 0.2) is 0 Å². The molecule has 0 saturated heterocycles. The van der Waals surface area contributed by atoms with Gasteiger partial charge >= 0.3 is 0 Å². The lowest BCUT2D eigenvalue weighted by atomic mass is 10.0. The van der Waals surface area contributed by atoms with Crippen LogP contribution in [0.15, 0.2) is 73.1 Å². The number of nitrogens with zero attached hydrogens (tertiary/aromatic N) is 1. The SMILES string of the molecule is C=C(/C=C/c1ccc(CN(CCc2c[nH]c3ccccc23)C(C)(C)C)cc1)NO. The summed E-state index contributed by atoms with van der Waals surface area (Å²) < 4.78 is 0. The van der Waals surface area contributed by atoms with Gasteiger partial charge in [0.1, 0.15) is 0 Å². The maximum atomic E-state index is 8.80. The first-order valence-electron chi connectivity index (χ1n) is 10.0. The van der Waals surface area contributed by atoms with Gasteiger partial charge in [0.05, 0.1) is 5.70 Å². The third-order valence-corrected chi connectivity index (χ3v) is 5.25. The molecule has 0 unspecified atom stereocenters. The minimum atomic E-state index is 0.0786. The highest BCUT2D eigenvalue weighted by atomic mass is 16.5. The normalized spacial score (nSPS) is 12.2. The highest BCUT2D eigenvalue weighted by Crippen LogP contribution is 2.22. The van der Waals surface area contributed by atoms with E-state index in [0.29, 0.717) is 5.70 Å². The Morgan fingerprint density at radius 2 is 1.86 bits per heavy atom. The quantitative estimate of drug-likeness (QED) is 0.351. The number of H-pyrrole nitrogens is 1. The molecule has 0 spiro atoms. The highest BCUT2D eigenvalue weighted by Gasteiger charge is 2.21. The van der Waals surface area contributed by atoms with Crippen molar-refractivity contribution in [2.45, 2.75) is 39.3 Å². The molecule has 3 aromatic rings. The lowest BCUT2D eigenvalue weighted by molar-refractivity contribution is 0.129. The van der Waals surface area contributed by atoms with Gasteiger partial charge in [-0.3, -0.25) is 15.6 Å². The number of fused-ring (bicyclic) bond motifs is 1. The lowest BCUT2D eigenvalue weighted by Crippen LogP contribution is -2.42. The summed E-state index contributed by atoms with van der Waals surface area (Å²) in [6.45, 7) is 12.4. The number of benzene rings is 2. The molecule has 152 valence electrons. The van der Waals surface area contributed by atoms with Crippen LogP contribution < -0.4 is 5.48 Å². The smallest absolute Gasteiger partial charge is 0.0530 e. The summed E-state index contributed by atoms with van der Waals surface area (Å²) in [4.78, 5) is 5.90. The zero-order valence-electron chi connectivity index (χ0n) is 17.6. The Hall–Kier alpha value is -2.82. The van der Waals surface area contributed by atoms with E-state index in [-0.39, 0.29) is 5.54 Å². The Bertz CT molecular complexity index is 977. The molecule has 0 aliphatic rings. The van der Waals surface area contributed by atoms with E-state index < -0.39 is 0 Å². The number of aromatic amines is 1. The molecule has 4 heteroatoms. The number of hydrogen-bond donors (Lipinski definition) is 3. The van der Waals surface area contributed by atoms with Gasteiger partial charge in [-0.1, -0.05) is 55.1 Å². The summed E-state index contributed by atoms with van der Waals surface area (Å²) in [5.74, 6) is 0. The van der Waals surface area contributed by atoms with Crippen LogP contribution in [-0.4, -0.2) is 27.2 Å². The first kappa shape index (κ1) is 20.9. The highest BCUT2D eigenvalue weighted by molar-refractivity contribution is 5.83. The number of hydroxylamine groups is 1. The fourth-order valence-electron chi connectivity index (χ4n) is 3.43. The first-order chi connectivity index (χ1) is 13.9. The van der Waals surface area contributed by atoms with Crippen molar-refractivity contribution in [3.05, 3.63) is 89.8 Å². The lowest BCUT2D eigenvalue weighted by Gasteiger charge is -2.36. The van der Waals surface area contributed by atoms with Crippen LogP contribution in [0.4, 0.5) is 0 Å². The molecule has 1 aromatic heterocycles. The summed E-state index contributed by atoms with van der Waals surface area (Å²) in [7, 11) is 0. The van der Waals surface area contributed by atoms with E-state index in [2.05, 4.69) is 92.0 Å². The van der Waals surface area contributed by atoms with E-state index in [1.54, 1.807) is 6.08 Å². The largest absolute Gasteiger partial charge is 0.361 e. The molecular formula is C25H31N3O. The molecular weight excluding hydrogens is 358 g/mol. The monoisotopic (exact) mass is 389 g/mol. The zero-order chi connectivity index (χ0) is 20.9. The molecule has 0 bridgehead atoms. The van der Waals surface area contributed by atoms with Crippen LogP contribution in [0.25, 0.3) is 17.0 Å². The average molecular weight is 390 g/mol. The second kappa shape index (κ2) is 9.12. The Labute approximate surface area is 173 Å². The predicted molar refractivity (Wildman–Crippen MR) is 122 cm³/mol. The third kappa shape index (κ3) is 5.59. The van der Waals surface area contributed by atoms with Crippen molar-refractivity contribution in [1.82, 2.24) is 15.4 Å². The molecule has 3 rings (SSSR count). The van der Waals surface area contributed by atoms with Gasteiger partial charge in [0.25, 0.3) is 0 Å². The molecule has 0 radical (unpaired) electrons. The summed E-state index contributed by atoms with van der Waals surface area (Å²) in [5, 5.41) is 10.1. The number of aromatic nitrogens is 1. The van der Waals surface area contributed by atoms with Crippen LogP contribution in [0.1, 0.15) is 37.5 Å². The molecule has 2 aromatic carbocycles. The van der Waals surface area contributed by atoms with Crippen LogP contribution in [0.2, 0.25) is 0 Å². The standard InChI is InChI=1S/C25H31N3O/c1-19(27-29)9-10-20-11-13-21(14-12-20)18-28(25(2,3)4)16-15-22-17-26-24-8-6-5-7-23(22)24/h5-14,17,26-27,29H,1,15-16,18H2,2-4H3/b10-9+. The van der Waals surface area contributed by atoms with Crippen molar-refractivity contribution in [3.8, 4) is 0 Å². The van der Waals surface area contributed by atoms with Gasteiger partial charge in [-0.05, 0) is 56.0 Å². The van der Waals surface area contributed by atoms with Gasteiger partial charge < -0.3 is 4.98 Å². The minimum Gasteiger partial charge on any atom is -0.361 e. The third-order valence-electron chi connectivity index (χ3n) is 5.25. The van der Waals surface area contributed by atoms with E-state index >= 15 is 0 Å². The van der Waals surface area contributed by atoms with Crippen molar-refractivity contribution in [1.29, 1.82) is 0 Å². The second-order valence-corrected chi connectivity index (χ2v) is 8.41. The summed E-state index contributed by atoms with van der Waals surface area (Å²) in [6, 6.07) is 17.0. The van der Waals surface area contributed by atoms with E-state index in [4.69, 9.17) is 5.21 Å². The summed E-state index contributed by atoms with van der Waals surface area (Å²) >= 11 is 0. The maximum Gasteiger partial charge on any atom is 0.0530 e. The van der Waals surface area contributed by atoms with Crippen molar-refractivity contribution >= 4 is 17.0 Å². The van der Waals surface area contributed by atoms with Crippen LogP contribution >= 0.6 is 0 Å². The van der Waals surface area contributed by atoms with Crippen molar-refractivity contribution in [2.24, 2.45) is 0 Å². The molecule has 3 N–H and O–H groups in total. The van der Waals surface area contributed by atoms with Gasteiger partial charge in [-0.25, -0.2) is 0 Å². The van der Waals surface area contributed by atoms with Gasteiger partial charge in [0.2, 0.25) is 0 Å². The van der Waals surface area contributed by atoms with Crippen molar-refractivity contribution in [2.75, 3.05) is 6.54 Å². The van der Waals surface area contributed by atoms with Crippen molar-refractivity contribution in [3.63, 3.8) is 0 Å². The topological polar surface area (TPSA) is 51.3 Å². The maximum absolute atomic E-state index is 8.80. The van der Waals surface area contributed by atoms with Crippen LogP contribution in [0, 0.1) is 0 Å². The van der Waals surface area contributed by atoms with Crippen molar-refractivity contribution < 1.29 is 5.21 Å². The Morgan fingerprint density at radius 1 is 1.14 bits per heavy atom. The number of hydrogen-bond acceptors (Lipinski definition) is 3. The molecule has 0 fully saturated rings. The van der Waals surface area contributed by atoms with Gasteiger partial charge in [-0.15, -0.1) is 0 Å². The van der Waals surface area contributed by atoms with E-state index in [1.165, 1.54) is 22.0 Å². The molecule has 29 heavy (non-hydrogen) atoms. The molecule has 0 amide bonds. The van der Waals surface area contributed by atoms with E-state index in [0.717, 1.165) is 25.1 Å². The fraction of sp³-hybridized carbons (Fsp3) is 0.280. The molecule has 4 nitrogen and oxygen atoms in total. The molecule has 0 atom stereocenters. The number of nitrogens with one attached hydrogen (secondary N) is 2. The van der Waals surface area contributed by atoms with Gasteiger partial charge in [0, 0.05) is 35.7 Å². The second-order valence-electron chi connectivity index (χ2n) is 8.41. The van der Waals surface area contributed by atoms with E-state index in [9.17, 15) is 0 Å². The zero-order valence-corrected chi connectivity index (χ0v) is 17.6. The minimum absolute atomic E-state index is 0.0786. The number of allylic oxidation sites excluding steroid dienone is 1. The van der Waals surface area contributed by atoms with Crippen LogP contribution in [-0.2, 0) is 13.0 Å². The summed E-state index contributed by atoms with van der Waals surface area (Å²) in [5.41, 5.74) is 7.51. The predicted octanol–water partition coefficient (Wildman–Crippen LogP) is 5.52. The van der Waals surface area contributed by atoms with E-state index in [1.807, 2.05) is 11.6 Å². The average Bonchev–Trinajstić information content (AvgIpc) is 3.12. The Balaban J connectivity index is 1.68. The Morgan fingerprint density at radius 3 is 2.55 bits per heavy atom. The fourth-order valence-corrected chi connectivity index (χ4v) is 3.43. The molecule has 1 heterocycles. The summed E-state index contributed by atoms with van der Waals surface area (Å²) in [6.07, 6.45) is 6.83. The Kier molecular flexibility index (Phi) is 6.57.